The zero-order valence-corrected chi connectivity index (χ0v) is 20.7. The van der Waals surface area contributed by atoms with Gasteiger partial charge in [0.05, 0.1) is 17.8 Å². The molecule has 1 aliphatic carbocycles. The lowest BCUT2D eigenvalue weighted by molar-refractivity contribution is -0.119. The molecule has 2 N–H and O–H groups in total. The molecule has 182 valence electrons. The highest BCUT2D eigenvalue weighted by Gasteiger charge is 2.41. The summed E-state index contributed by atoms with van der Waals surface area (Å²) in [5, 5.41) is 7.02. The Kier molecular flexibility index (Phi) is 7.11. The molecule has 2 aliphatic rings. The number of nitrogens with zero attached hydrogens (tertiary/aromatic N) is 3. The molecule has 1 aromatic carbocycles. The summed E-state index contributed by atoms with van der Waals surface area (Å²) in [5.41, 5.74) is 3.84. The van der Waals surface area contributed by atoms with Crippen molar-refractivity contribution in [2.45, 2.75) is 50.2 Å². The van der Waals surface area contributed by atoms with Crippen molar-refractivity contribution in [1.82, 2.24) is 14.9 Å². The molecular formula is C27H31N5O2S. The van der Waals surface area contributed by atoms with Crippen LogP contribution in [0.4, 0.5) is 11.4 Å². The Morgan fingerprint density at radius 3 is 2.66 bits per heavy atom. The predicted octanol–water partition coefficient (Wildman–Crippen LogP) is 5.15. The number of aromatic nitrogens is 2. The maximum Gasteiger partial charge on any atom is 0.250 e. The Labute approximate surface area is 211 Å². The van der Waals surface area contributed by atoms with Crippen molar-refractivity contribution in [3.63, 3.8) is 0 Å². The van der Waals surface area contributed by atoms with Crippen LogP contribution < -0.4 is 15.5 Å². The second kappa shape index (κ2) is 10.6. The van der Waals surface area contributed by atoms with E-state index in [-0.39, 0.29) is 24.6 Å². The van der Waals surface area contributed by atoms with E-state index in [9.17, 15) is 4.79 Å². The fourth-order valence-corrected chi connectivity index (χ4v) is 5.56. The zero-order chi connectivity index (χ0) is 24.2. The minimum atomic E-state index is -0.184. The van der Waals surface area contributed by atoms with Gasteiger partial charge in [-0.3, -0.25) is 9.78 Å². The summed E-state index contributed by atoms with van der Waals surface area (Å²) < 4.78 is 7.29. The lowest BCUT2D eigenvalue weighted by Crippen LogP contribution is -2.29. The van der Waals surface area contributed by atoms with Crippen LogP contribution in [0, 0.1) is 0 Å². The molecule has 0 radical (unpaired) electrons. The first-order valence-corrected chi connectivity index (χ1v) is 12.6. The van der Waals surface area contributed by atoms with Gasteiger partial charge in [-0.05, 0) is 73.1 Å². The first kappa shape index (κ1) is 23.5. The Morgan fingerprint density at radius 1 is 1.14 bits per heavy atom. The standard InChI is InChI=1S/C27H31N5O2S/c1-34-18-24(33)29-20-10-12-22(13-11-20)32-26(25(30-27(32)35)23-9-5-6-15-28-23)19-14-16-31(17-19)21-7-3-2-4-8-21/h5-6,9-17,21,25-26H,2-4,7-8,18H2,1H3,(H,29,33)(H,30,35)/t25-,26-/m0/s1. The number of hydrogen-bond acceptors (Lipinski definition) is 4. The Bertz CT molecular complexity index is 1160. The van der Waals surface area contributed by atoms with Crippen molar-refractivity contribution in [3.8, 4) is 0 Å². The minimum Gasteiger partial charge on any atom is -0.375 e. The van der Waals surface area contributed by atoms with Crippen LogP contribution in [0.1, 0.15) is 61.5 Å². The van der Waals surface area contributed by atoms with Gasteiger partial charge >= 0.3 is 0 Å². The Balaban J connectivity index is 1.46. The van der Waals surface area contributed by atoms with E-state index in [1.54, 1.807) is 0 Å². The molecule has 0 bridgehead atoms. The van der Waals surface area contributed by atoms with Gasteiger partial charge in [0.1, 0.15) is 6.61 Å². The largest absolute Gasteiger partial charge is 0.375 e. The normalized spacial score (nSPS) is 20.6. The highest BCUT2D eigenvalue weighted by Crippen LogP contribution is 2.42. The van der Waals surface area contributed by atoms with Gasteiger partial charge in [-0.1, -0.05) is 25.3 Å². The van der Waals surface area contributed by atoms with Crippen molar-refractivity contribution in [2.75, 3.05) is 23.9 Å². The molecular weight excluding hydrogens is 458 g/mol. The van der Waals surface area contributed by atoms with Gasteiger partial charge in [0.15, 0.2) is 5.11 Å². The SMILES string of the molecule is COCC(=O)Nc1ccc(N2C(=S)N[C@@H](c3ccccn3)[C@@H]2c2ccn(C3CCCCC3)c2)cc1. The van der Waals surface area contributed by atoms with Crippen molar-refractivity contribution < 1.29 is 9.53 Å². The summed E-state index contributed by atoms with van der Waals surface area (Å²) in [6, 6.07) is 16.4. The molecule has 8 heteroatoms. The summed E-state index contributed by atoms with van der Waals surface area (Å²) in [6.45, 7) is 0.0215. The number of nitrogens with one attached hydrogen (secondary N) is 2. The van der Waals surface area contributed by atoms with E-state index in [1.807, 2.05) is 48.7 Å². The highest BCUT2D eigenvalue weighted by molar-refractivity contribution is 7.80. The molecule has 0 spiro atoms. The molecule has 5 rings (SSSR count). The van der Waals surface area contributed by atoms with E-state index < -0.39 is 0 Å². The molecule has 35 heavy (non-hydrogen) atoms. The topological polar surface area (TPSA) is 71.4 Å². The number of carbonyl (C=O) groups excluding carboxylic acids is 1. The van der Waals surface area contributed by atoms with Gasteiger partial charge in [0, 0.05) is 43.1 Å². The van der Waals surface area contributed by atoms with E-state index in [0.717, 1.165) is 17.1 Å². The molecule has 7 nitrogen and oxygen atoms in total. The number of hydrogen-bond donors (Lipinski definition) is 2. The van der Waals surface area contributed by atoms with E-state index in [1.165, 1.54) is 44.8 Å². The number of ether oxygens (including phenoxy) is 1. The van der Waals surface area contributed by atoms with Crippen LogP contribution in [-0.2, 0) is 9.53 Å². The fraction of sp³-hybridized carbons (Fsp3) is 0.370. The fourth-order valence-electron chi connectivity index (χ4n) is 5.22. The highest BCUT2D eigenvalue weighted by atomic mass is 32.1. The maximum atomic E-state index is 11.9. The summed E-state index contributed by atoms with van der Waals surface area (Å²) in [4.78, 5) is 18.7. The summed E-state index contributed by atoms with van der Waals surface area (Å²) in [7, 11) is 1.50. The molecule has 2 atom stereocenters. The summed E-state index contributed by atoms with van der Waals surface area (Å²) in [6.07, 6.45) is 12.7. The van der Waals surface area contributed by atoms with Gasteiger partial charge in [-0.25, -0.2) is 0 Å². The maximum absolute atomic E-state index is 11.9. The third kappa shape index (κ3) is 5.09. The first-order chi connectivity index (χ1) is 17.1. The molecule has 2 aromatic heterocycles. The second-order valence-corrected chi connectivity index (χ2v) is 9.60. The van der Waals surface area contributed by atoms with Gasteiger partial charge < -0.3 is 24.8 Å². The third-order valence-electron chi connectivity index (χ3n) is 6.88. The van der Waals surface area contributed by atoms with Gasteiger partial charge in [0.2, 0.25) is 5.91 Å². The molecule has 3 heterocycles. The number of amides is 1. The van der Waals surface area contributed by atoms with Crippen LogP contribution >= 0.6 is 12.2 Å². The molecule has 1 aliphatic heterocycles. The number of pyridine rings is 1. The van der Waals surface area contributed by atoms with Crippen LogP contribution in [0.15, 0.2) is 67.1 Å². The summed E-state index contributed by atoms with van der Waals surface area (Å²) in [5.74, 6) is -0.184. The number of anilines is 2. The van der Waals surface area contributed by atoms with Gasteiger partial charge in [-0.2, -0.15) is 0 Å². The van der Waals surface area contributed by atoms with E-state index in [4.69, 9.17) is 17.0 Å². The molecule has 2 fully saturated rings. The zero-order valence-electron chi connectivity index (χ0n) is 19.9. The molecule has 1 saturated heterocycles. The minimum absolute atomic E-state index is 0.0215. The van der Waals surface area contributed by atoms with E-state index in [2.05, 4.69) is 43.5 Å². The summed E-state index contributed by atoms with van der Waals surface area (Å²) >= 11 is 5.84. The van der Waals surface area contributed by atoms with E-state index >= 15 is 0 Å². The number of thiocarbonyl (C=S) groups is 1. The number of carbonyl (C=O) groups is 1. The number of benzene rings is 1. The van der Waals surface area contributed by atoms with Crippen LogP contribution in [0.2, 0.25) is 0 Å². The number of rotatable bonds is 7. The predicted molar refractivity (Wildman–Crippen MR) is 141 cm³/mol. The second-order valence-electron chi connectivity index (χ2n) is 9.21. The average Bonchev–Trinajstić information content (AvgIpc) is 3.50. The van der Waals surface area contributed by atoms with Crippen molar-refractivity contribution in [3.05, 3.63) is 78.4 Å². The van der Waals surface area contributed by atoms with Crippen molar-refractivity contribution in [1.29, 1.82) is 0 Å². The van der Waals surface area contributed by atoms with Crippen molar-refractivity contribution in [2.24, 2.45) is 0 Å². The molecule has 0 unspecified atom stereocenters. The Hall–Kier alpha value is -3.23. The molecule has 3 aromatic rings. The van der Waals surface area contributed by atoms with Crippen LogP contribution in [0.25, 0.3) is 0 Å². The average molecular weight is 490 g/mol. The lowest BCUT2D eigenvalue weighted by Gasteiger charge is -2.28. The molecule has 1 amide bonds. The van der Waals surface area contributed by atoms with Crippen LogP contribution in [0.3, 0.4) is 0 Å². The smallest absolute Gasteiger partial charge is 0.250 e. The Morgan fingerprint density at radius 2 is 1.94 bits per heavy atom. The van der Waals surface area contributed by atoms with Crippen LogP contribution in [0.5, 0.6) is 0 Å². The monoisotopic (exact) mass is 489 g/mol. The first-order valence-electron chi connectivity index (χ1n) is 12.2. The molecule has 1 saturated carbocycles. The van der Waals surface area contributed by atoms with Crippen molar-refractivity contribution >= 4 is 34.6 Å². The van der Waals surface area contributed by atoms with Crippen LogP contribution in [-0.4, -0.2) is 34.3 Å². The quantitative estimate of drug-likeness (QED) is 0.447. The van der Waals surface area contributed by atoms with E-state index in [0.29, 0.717) is 11.2 Å². The van der Waals surface area contributed by atoms with Gasteiger partial charge in [-0.15, -0.1) is 0 Å². The third-order valence-corrected chi connectivity index (χ3v) is 7.19. The lowest BCUT2D eigenvalue weighted by atomic mass is 9.95. The van der Waals surface area contributed by atoms with Gasteiger partial charge in [0.25, 0.3) is 0 Å². The number of methoxy groups -OCH3 is 1.